The molecule has 1 heterocycles. The summed E-state index contributed by atoms with van der Waals surface area (Å²) in [5.74, 6) is -0.298. The van der Waals surface area contributed by atoms with E-state index in [1.807, 2.05) is 35.8 Å². The van der Waals surface area contributed by atoms with Crippen LogP contribution in [0, 0.1) is 5.82 Å². The van der Waals surface area contributed by atoms with E-state index in [1.165, 1.54) is 12.1 Å². The molecule has 0 aliphatic rings. The third-order valence-electron chi connectivity index (χ3n) is 3.25. The Balaban J connectivity index is 1.95. The molecule has 0 aliphatic carbocycles. The zero-order valence-electron chi connectivity index (χ0n) is 11.6. The highest BCUT2D eigenvalue weighted by molar-refractivity contribution is 6.30. The normalized spacial score (nSPS) is 12.9. The number of aliphatic hydroxyl groups excluding tert-OH is 1. The smallest absolute Gasteiger partial charge is 0.123 e. The fourth-order valence-electron chi connectivity index (χ4n) is 2.15. The van der Waals surface area contributed by atoms with Crippen molar-refractivity contribution in [2.45, 2.75) is 12.6 Å². The number of rotatable bonds is 5. The molecule has 3 nitrogen and oxygen atoms in total. The Labute approximate surface area is 123 Å². The Kier molecular flexibility index (Phi) is 4.81. The number of hydrogen-bond acceptors (Lipinski definition) is 2. The van der Waals surface area contributed by atoms with Crippen LogP contribution in [0.2, 0.25) is 5.02 Å². The molecule has 2 rings (SSSR count). The lowest BCUT2D eigenvalue weighted by Gasteiger charge is -2.21. The van der Waals surface area contributed by atoms with E-state index in [0.29, 0.717) is 23.7 Å². The first-order valence-electron chi connectivity index (χ1n) is 6.38. The maximum Gasteiger partial charge on any atom is 0.123 e. The van der Waals surface area contributed by atoms with Gasteiger partial charge in [-0.1, -0.05) is 23.7 Å². The standard InChI is InChI=1S/C15H18ClFN2O/c1-18(9-14-7-12(16)8-19(14)2)10-15(20)11-3-5-13(17)6-4-11/h3-8,15,20H,9-10H2,1-2H3. The summed E-state index contributed by atoms with van der Waals surface area (Å²) >= 11 is 5.94. The SMILES string of the molecule is CN(Cc1cc(Cl)cn1C)CC(O)c1ccc(F)cc1. The summed E-state index contributed by atoms with van der Waals surface area (Å²) in [7, 11) is 3.86. The zero-order chi connectivity index (χ0) is 14.7. The Morgan fingerprint density at radius 2 is 2.00 bits per heavy atom. The van der Waals surface area contributed by atoms with Crippen LogP contribution in [0.25, 0.3) is 0 Å². The molecule has 0 aliphatic heterocycles. The van der Waals surface area contributed by atoms with Gasteiger partial charge in [0, 0.05) is 32.0 Å². The molecule has 0 fully saturated rings. The fourth-order valence-corrected chi connectivity index (χ4v) is 2.42. The minimum Gasteiger partial charge on any atom is -0.387 e. The van der Waals surface area contributed by atoms with Crippen LogP contribution in [-0.4, -0.2) is 28.2 Å². The lowest BCUT2D eigenvalue weighted by atomic mass is 10.1. The molecule has 1 atom stereocenters. The maximum atomic E-state index is 12.8. The maximum absolute atomic E-state index is 12.8. The Hall–Kier alpha value is -1.36. The molecule has 0 saturated carbocycles. The molecule has 108 valence electrons. The average Bonchev–Trinajstić information content (AvgIpc) is 2.68. The van der Waals surface area contributed by atoms with Crippen molar-refractivity contribution in [2.24, 2.45) is 7.05 Å². The molecule has 0 amide bonds. The minimum absolute atomic E-state index is 0.298. The lowest BCUT2D eigenvalue weighted by molar-refractivity contribution is 0.122. The van der Waals surface area contributed by atoms with Crippen LogP contribution in [0.3, 0.4) is 0 Å². The van der Waals surface area contributed by atoms with Crippen molar-refractivity contribution in [1.29, 1.82) is 0 Å². The highest BCUT2D eigenvalue weighted by Crippen LogP contribution is 2.17. The number of benzene rings is 1. The summed E-state index contributed by atoms with van der Waals surface area (Å²) in [6, 6.07) is 7.83. The van der Waals surface area contributed by atoms with Crippen LogP contribution in [0.15, 0.2) is 36.5 Å². The average molecular weight is 297 g/mol. The van der Waals surface area contributed by atoms with Gasteiger partial charge in [0.2, 0.25) is 0 Å². The predicted molar refractivity (Wildman–Crippen MR) is 78.1 cm³/mol. The van der Waals surface area contributed by atoms with E-state index in [2.05, 4.69) is 0 Å². The Bertz CT molecular complexity index is 568. The van der Waals surface area contributed by atoms with Gasteiger partial charge in [0.25, 0.3) is 0 Å². The number of aryl methyl sites for hydroxylation is 1. The van der Waals surface area contributed by atoms with Crippen molar-refractivity contribution in [3.8, 4) is 0 Å². The van der Waals surface area contributed by atoms with Gasteiger partial charge in [0.05, 0.1) is 11.1 Å². The summed E-state index contributed by atoms with van der Waals surface area (Å²) in [4.78, 5) is 2.00. The first-order valence-corrected chi connectivity index (χ1v) is 6.76. The molecule has 0 radical (unpaired) electrons. The van der Waals surface area contributed by atoms with Crippen molar-refractivity contribution in [1.82, 2.24) is 9.47 Å². The van der Waals surface area contributed by atoms with Gasteiger partial charge in [-0.2, -0.15) is 0 Å². The quantitative estimate of drug-likeness (QED) is 0.919. The molecule has 5 heteroatoms. The van der Waals surface area contributed by atoms with Gasteiger partial charge in [0.1, 0.15) is 5.82 Å². The molecule has 20 heavy (non-hydrogen) atoms. The summed E-state index contributed by atoms with van der Waals surface area (Å²) < 4.78 is 14.8. The third-order valence-corrected chi connectivity index (χ3v) is 3.45. The van der Waals surface area contributed by atoms with Crippen molar-refractivity contribution in [2.75, 3.05) is 13.6 Å². The van der Waals surface area contributed by atoms with Gasteiger partial charge < -0.3 is 9.67 Å². The molecular formula is C15H18ClFN2O. The van der Waals surface area contributed by atoms with Crippen LogP contribution < -0.4 is 0 Å². The first-order chi connectivity index (χ1) is 9.45. The Morgan fingerprint density at radius 3 is 2.55 bits per heavy atom. The van der Waals surface area contributed by atoms with E-state index in [0.717, 1.165) is 5.69 Å². The second-order valence-corrected chi connectivity index (χ2v) is 5.46. The number of hydrogen-bond donors (Lipinski definition) is 1. The van der Waals surface area contributed by atoms with E-state index in [1.54, 1.807) is 12.1 Å². The lowest BCUT2D eigenvalue weighted by Crippen LogP contribution is -2.25. The highest BCUT2D eigenvalue weighted by atomic mass is 35.5. The summed E-state index contributed by atoms with van der Waals surface area (Å²) in [5, 5.41) is 10.8. The highest BCUT2D eigenvalue weighted by Gasteiger charge is 2.12. The monoisotopic (exact) mass is 296 g/mol. The molecule has 2 aromatic rings. The van der Waals surface area contributed by atoms with Crippen LogP contribution in [-0.2, 0) is 13.6 Å². The van der Waals surface area contributed by atoms with E-state index < -0.39 is 6.10 Å². The Morgan fingerprint density at radius 1 is 1.35 bits per heavy atom. The summed E-state index contributed by atoms with van der Waals surface area (Å²) in [6.07, 6.45) is 1.21. The van der Waals surface area contributed by atoms with Gasteiger partial charge in [-0.25, -0.2) is 4.39 Å². The molecule has 1 unspecified atom stereocenters. The van der Waals surface area contributed by atoms with Crippen LogP contribution in [0.1, 0.15) is 17.4 Å². The topological polar surface area (TPSA) is 28.4 Å². The largest absolute Gasteiger partial charge is 0.387 e. The fraction of sp³-hybridized carbons (Fsp3) is 0.333. The number of aromatic nitrogens is 1. The molecule has 1 aromatic carbocycles. The van der Waals surface area contributed by atoms with E-state index in [9.17, 15) is 9.50 Å². The molecule has 1 aromatic heterocycles. The second-order valence-electron chi connectivity index (χ2n) is 5.02. The number of aliphatic hydroxyl groups is 1. The molecule has 0 saturated heterocycles. The van der Waals surface area contributed by atoms with Crippen LogP contribution >= 0.6 is 11.6 Å². The van der Waals surface area contributed by atoms with E-state index in [-0.39, 0.29) is 5.82 Å². The first kappa shape index (κ1) is 15.0. The van der Waals surface area contributed by atoms with Crippen molar-refractivity contribution < 1.29 is 9.50 Å². The van der Waals surface area contributed by atoms with Crippen LogP contribution in [0.5, 0.6) is 0 Å². The third kappa shape index (κ3) is 3.82. The predicted octanol–water partition coefficient (Wildman–Crippen LogP) is 2.98. The van der Waals surface area contributed by atoms with E-state index >= 15 is 0 Å². The van der Waals surface area contributed by atoms with Gasteiger partial charge in [-0.15, -0.1) is 0 Å². The summed E-state index contributed by atoms with van der Waals surface area (Å²) in [5.41, 5.74) is 1.78. The van der Waals surface area contributed by atoms with Gasteiger partial charge in [-0.3, -0.25) is 4.90 Å². The number of halogens is 2. The van der Waals surface area contributed by atoms with Gasteiger partial charge in [0.15, 0.2) is 0 Å². The number of nitrogens with zero attached hydrogens (tertiary/aromatic N) is 2. The van der Waals surface area contributed by atoms with Crippen LogP contribution in [0.4, 0.5) is 4.39 Å². The van der Waals surface area contributed by atoms with Gasteiger partial charge in [-0.05, 0) is 30.8 Å². The van der Waals surface area contributed by atoms with E-state index in [4.69, 9.17) is 11.6 Å². The van der Waals surface area contributed by atoms with Gasteiger partial charge >= 0.3 is 0 Å². The second kappa shape index (κ2) is 6.39. The molecular weight excluding hydrogens is 279 g/mol. The zero-order valence-corrected chi connectivity index (χ0v) is 12.3. The molecule has 1 N–H and O–H groups in total. The minimum atomic E-state index is -0.642. The van der Waals surface area contributed by atoms with Crippen molar-refractivity contribution in [3.05, 3.63) is 58.6 Å². The summed E-state index contributed by atoms with van der Waals surface area (Å²) in [6.45, 7) is 1.15. The number of likely N-dealkylation sites (N-methyl/N-ethyl adjacent to an activating group) is 1. The van der Waals surface area contributed by atoms with Crippen molar-refractivity contribution in [3.63, 3.8) is 0 Å². The molecule has 0 bridgehead atoms. The van der Waals surface area contributed by atoms with Crippen molar-refractivity contribution >= 4 is 11.6 Å². The molecule has 0 spiro atoms.